The molecule has 0 bridgehead atoms. The molecule has 0 spiro atoms. The van der Waals surface area contributed by atoms with Crippen molar-refractivity contribution in [1.29, 1.82) is 0 Å². The number of thiophene rings is 1. The summed E-state index contributed by atoms with van der Waals surface area (Å²) in [6.07, 6.45) is 0. The van der Waals surface area contributed by atoms with Gasteiger partial charge in [-0.25, -0.2) is 0 Å². The Labute approximate surface area is 405 Å². The van der Waals surface area contributed by atoms with E-state index in [9.17, 15) is 0 Å². The van der Waals surface area contributed by atoms with Crippen LogP contribution in [0.25, 0.3) is 103 Å². The topological polar surface area (TPSA) is 8.17 Å². The molecule has 0 atom stereocenters. The number of hydrogen-bond donors (Lipinski definition) is 0. The van der Waals surface area contributed by atoms with E-state index in [0.29, 0.717) is 0 Å². The molecule has 0 N–H and O–H groups in total. The molecule has 0 radical (unpaired) electrons. The molecule has 11 aromatic carbocycles. The van der Waals surface area contributed by atoms with Crippen LogP contribution in [-0.2, 0) is 0 Å². The Balaban J connectivity index is 1.01. The maximum absolute atomic E-state index is 2.45. The zero-order valence-corrected chi connectivity index (χ0v) is 38.5. The fraction of sp³-hybridized carbons (Fsp3) is 0. The summed E-state index contributed by atoms with van der Waals surface area (Å²) in [6, 6.07) is 97.5. The van der Waals surface area contributed by atoms with Crippen molar-refractivity contribution >= 4 is 70.4 Å². The first-order chi connectivity index (χ1) is 34.2. The van der Waals surface area contributed by atoms with Crippen LogP contribution in [0.5, 0.6) is 0 Å². The van der Waals surface area contributed by atoms with Crippen molar-refractivity contribution in [3.63, 3.8) is 0 Å². The van der Waals surface area contributed by atoms with Gasteiger partial charge < -0.3 is 9.47 Å². The smallest absolute Gasteiger partial charge is 0.0541 e. The fourth-order valence-electron chi connectivity index (χ4n) is 10.4. The number of rotatable bonds is 9. The molecule has 0 aliphatic carbocycles. The molecule has 13 aromatic rings. The van der Waals surface area contributed by atoms with Gasteiger partial charge in [-0.3, -0.25) is 0 Å². The Kier molecular flexibility index (Phi) is 10.1. The minimum absolute atomic E-state index is 1.08. The molecule has 0 aliphatic heterocycles. The van der Waals surface area contributed by atoms with E-state index in [4.69, 9.17) is 0 Å². The summed E-state index contributed by atoms with van der Waals surface area (Å²) in [5, 5.41) is 5.06. The fourth-order valence-corrected chi connectivity index (χ4v) is 11.5. The number of fused-ring (bicyclic) bond motifs is 6. The van der Waals surface area contributed by atoms with Crippen molar-refractivity contribution in [3.05, 3.63) is 267 Å². The first kappa shape index (κ1) is 40.5. The average Bonchev–Trinajstić information content (AvgIpc) is 3.98. The third-order valence-electron chi connectivity index (χ3n) is 13.7. The van der Waals surface area contributed by atoms with Crippen molar-refractivity contribution in [2.45, 2.75) is 0 Å². The second-order valence-corrected chi connectivity index (χ2v) is 18.7. The molecule has 2 aromatic heterocycles. The Morgan fingerprint density at radius 1 is 0.275 bits per heavy atom. The zero-order valence-electron chi connectivity index (χ0n) is 37.7. The van der Waals surface area contributed by atoms with E-state index in [-0.39, 0.29) is 0 Å². The van der Waals surface area contributed by atoms with Gasteiger partial charge in [0.15, 0.2) is 0 Å². The molecule has 0 unspecified atom stereocenters. The van der Waals surface area contributed by atoms with Gasteiger partial charge in [0, 0.05) is 53.6 Å². The van der Waals surface area contributed by atoms with Gasteiger partial charge in [-0.2, -0.15) is 0 Å². The second-order valence-electron chi connectivity index (χ2n) is 17.6. The first-order valence-corrected chi connectivity index (χ1v) is 24.4. The van der Waals surface area contributed by atoms with Crippen LogP contribution in [0.3, 0.4) is 0 Å². The summed E-state index contributed by atoms with van der Waals surface area (Å²) in [5.41, 5.74) is 18.7. The SMILES string of the molecule is c1ccc(-c2ccc(-c3ccc(N(c4ccc(-c5ccccc5)cc4)c4ccc(-c5ccccc5-n5c6ccccc6c6ccccc65)c(-c5cccc6sc7ccccc7c56)c4)cc3)cc2)cc1. The largest absolute Gasteiger partial charge is 0.310 e. The number of anilines is 3. The van der Waals surface area contributed by atoms with Gasteiger partial charge in [0.05, 0.1) is 16.7 Å². The molecule has 69 heavy (non-hydrogen) atoms. The van der Waals surface area contributed by atoms with E-state index < -0.39 is 0 Å². The van der Waals surface area contributed by atoms with Crippen molar-refractivity contribution in [3.8, 4) is 61.3 Å². The van der Waals surface area contributed by atoms with Crippen molar-refractivity contribution in [2.24, 2.45) is 0 Å². The summed E-state index contributed by atoms with van der Waals surface area (Å²) in [7, 11) is 0. The summed E-state index contributed by atoms with van der Waals surface area (Å²) in [5.74, 6) is 0. The number of benzene rings is 11. The Bertz CT molecular complexity index is 3930. The lowest BCUT2D eigenvalue weighted by Gasteiger charge is -2.27. The predicted octanol–water partition coefficient (Wildman–Crippen LogP) is 19.0. The standard InChI is InChI=1S/C66H44N2S/c1-3-16-45(17-4-1)47-30-32-48(33-31-47)50-36-40-52(41-37-50)67(51-38-34-49(35-39-51)46-18-5-2-6-19-46)53-42-43-54(60(44-53)58-24-15-29-65-66(58)59-23-10-14-28-64(59)69-65)55-20-7-11-25-61(55)68-62-26-12-8-21-56(62)57-22-9-13-27-63(57)68/h1-44H. The highest BCUT2D eigenvalue weighted by Gasteiger charge is 2.22. The Hall–Kier alpha value is -8.76. The van der Waals surface area contributed by atoms with Crippen LogP contribution in [0.15, 0.2) is 267 Å². The number of para-hydroxylation sites is 3. The normalized spacial score (nSPS) is 11.5. The van der Waals surface area contributed by atoms with Crippen LogP contribution in [-0.4, -0.2) is 4.57 Å². The molecule has 13 rings (SSSR count). The number of nitrogens with zero attached hydrogens (tertiary/aromatic N) is 2. The lowest BCUT2D eigenvalue weighted by Crippen LogP contribution is -2.10. The molecule has 0 saturated carbocycles. The van der Waals surface area contributed by atoms with E-state index in [0.717, 1.165) is 22.7 Å². The number of hydrogen-bond acceptors (Lipinski definition) is 2. The lowest BCUT2D eigenvalue weighted by molar-refractivity contribution is 1.18. The van der Waals surface area contributed by atoms with Crippen molar-refractivity contribution in [2.75, 3.05) is 4.90 Å². The molecule has 2 heterocycles. The van der Waals surface area contributed by atoms with Gasteiger partial charge >= 0.3 is 0 Å². The third kappa shape index (κ3) is 7.20. The zero-order chi connectivity index (χ0) is 45.7. The molecule has 324 valence electrons. The van der Waals surface area contributed by atoms with Gasteiger partial charge in [0.2, 0.25) is 0 Å². The van der Waals surface area contributed by atoms with E-state index in [1.807, 2.05) is 11.3 Å². The molecular weight excluding hydrogens is 853 g/mol. The molecule has 0 amide bonds. The quantitative estimate of drug-likeness (QED) is 0.140. The summed E-state index contributed by atoms with van der Waals surface area (Å²) < 4.78 is 5.02. The highest BCUT2D eigenvalue weighted by molar-refractivity contribution is 7.25. The van der Waals surface area contributed by atoms with Gasteiger partial charge in [-0.15, -0.1) is 11.3 Å². The molecule has 3 heteroatoms. The molecule has 0 fully saturated rings. The number of aromatic nitrogens is 1. The predicted molar refractivity (Wildman–Crippen MR) is 296 cm³/mol. The molecule has 0 saturated heterocycles. The lowest BCUT2D eigenvalue weighted by atomic mass is 9.90. The van der Waals surface area contributed by atoms with E-state index in [2.05, 4.69) is 276 Å². The highest BCUT2D eigenvalue weighted by atomic mass is 32.1. The Morgan fingerprint density at radius 3 is 1.30 bits per heavy atom. The summed E-state index contributed by atoms with van der Waals surface area (Å²) in [6.45, 7) is 0. The monoisotopic (exact) mass is 896 g/mol. The third-order valence-corrected chi connectivity index (χ3v) is 14.8. The molecule has 2 nitrogen and oxygen atoms in total. The van der Waals surface area contributed by atoms with Crippen LogP contribution in [0, 0.1) is 0 Å². The summed E-state index contributed by atoms with van der Waals surface area (Å²) >= 11 is 1.86. The van der Waals surface area contributed by atoms with Crippen LogP contribution >= 0.6 is 11.3 Å². The Morgan fingerprint density at radius 2 is 0.710 bits per heavy atom. The van der Waals surface area contributed by atoms with Gasteiger partial charge in [-0.1, -0.05) is 200 Å². The second kappa shape index (κ2) is 17.2. The molecule has 0 aliphatic rings. The van der Waals surface area contributed by atoms with Crippen LogP contribution < -0.4 is 4.90 Å². The van der Waals surface area contributed by atoms with E-state index in [1.54, 1.807) is 0 Å². The van der Waals surface area contributed by atoms with E-state index in [1.165, 1.54) is 97.6 Å². The first-order valence-electron chi connectivity index (χ1n) is 23.6. The van der Waals surface area contributed by atoms with Gasteiger partial charge in [-0.05, 0) is 117 Å². The van der Waals surface area contributed by atoms with Gasteiger partial charge in [0.1, 0.15) is 0 Å². The van der Waals surface area contributed by atoms with Crippen molar-refractivity contribution < 1.29 is 0 Å². The average molecular weight is 897 g/mol. The minimum atomic E-state index is 1.08. The maximum Gasteiger partial charge on any atom is 0.0541 e. The van der Waals surface area contributed by atoms with E-state index >= 15 is 0 Å². The van der Waals surface area contributed by atoms with Crippen LogP contribution in [0.1, 0.15) is 0 Å². The van der Waals surface area contributed by atoms with Crippen LogP contribution in [0.2, 0.25) is 0 Å². The molecular formula is C66H44N2S. The van der Waals surface area contributed by atoms with Crippen LogP contribution in [0.4, 0.5) is 17.1 Å². The minimum Gasteiger partial charge on any atom is -0.310 e. The van der Waals surface area contributed by atoms with Gasteiger partial charge in [0.25, 0.3) is 0 Å². The maximum atomic E-state index is 2.45. The highest BCUT2D eigenvalue weighted by Crippen LogP contribution is 2.48. The van der Waals surface area contributed by atoms with Crippen molar-refractivity contribution in [1.82, 2.24) is 4.57 Å². The summed E-state index contributed by atoms with van der Waals surface area (Å²) in [4.78, 5) is 2.41.